The predicted molar refractivity (Wildman–Crippen MR) is 52.0 cm³/mol. The van der Waals surface area contributed by atoms with Gasteiger partial charge in [-0.25, -0.2) is 9.59 Å². The predicted octanol–water partition coefficient (Wildman–Crippen LogP) is -0.0845. The Morgan fingerprint density at radius 3 is 1.07 bits per heavy atom. The Labute approximate surface area is 87.2 Å². The fourth-order valence-corrected chi connectivity index (χ4v) is 1.02. The summed E-state index contributed by atoms with van der Waals surface area (Å²) in [5, 5.41) is 16.3. The Morgan fingerprint density at radius 1 is 0.800 bits per heavy atom. The molecular weight excluding hydrogens is 204 g/mol. The normalized spacial score (nSPS) is 17.3. The van der Waals surface area contributed by atoms with E-state index in [2.05, 4.69) is 0 Å². The van der Waals surface area contributed by atoms with E-state index in [0.717, 1.165) is 39.0 Å². The maximum atomic E-state index is 9.91. The van der Waals surface area contributed by atoms with Crippen molar-refractivity contribution in [2.45, 2.75) is 12.8 Å². The highest BCUT2D eigenvalue weighted by atomic mass is 16.4. The van der Waals surface area contributed by atoms with Gasteiger partial charge in [-0.3, -0.25) is 0 Å². The van der Waals surface area contributed by atoms with Crippen molar-refractivity contribution < 1.29 is 25.3 Å². The van der Waals surface area contributed by atoms with Crippen LogP contribution in [-0.4, -0.2) is 63.9 Å². The van der Waals surface area contributed by atoms with Gasteiger partial charge in [-0.1, -0.05) is 0 Å². The van der Waals surface area contributed by atoms with E-state index in [-0.39, 0.29) is 5.48 Å². The van der Waals surface area contributed by atoms with Gasteiger partial charge in [0.05, 0.1) is 0 Å². The lowest BCUT2D eigenvalue weighted by Crippen LogP contribution is -2.40. The molecule has 2 amide bonds. The van der Waals surface area contributed by atoms with Crippen molar-refractivity contribution >= 4 is 12.2 Å². The second-order valence-corrected chi connectivity index (χ2v) is 3.25. The monoisotopic (exact) mass is 220 g/mol. The molecule has 2 heterocycles. The molecule has 88 valence electrons. The number of carboxylic acid groups (broad SMARTS) is 2. The van der Waals surface area contributed by atoms with Crippen LogP contribution in [-0.2, 0) is 0 Å². The van der Waals surface area contributed by atoms with E-state index in [1.54, 1.807) is 0 Å². The Bertz CT molecular complexity index is 201. The fraction of sp³-hybridized carbons (Fsp3) is 0.750. The van der Waals surface area contributed by atoms with E-state index < -0.39 is 12.2 Å². The van der Waals surface area contributed by atoms with Gasteiger partial charge >= 0.3 is 12.2 Å². The van der Waals surface area contributed by atoms with Crippen LogP contribution in [0.2, 0.25) is 0 Å². The lowest BCUT2D eigenvalue weighted by atomic mass is 10.2. The minimum absolute atomic E-state index is 0. The third-order valence-corrected chi connectivity index (χ3v) is 2.25. The van der Waals surface area contributed by atoms with Crippen LogP contribution in [0.4, 0.5) is 9.59 Å². The zero-order valence-corrected chi connectivity index (χ0v) is 8.35. The Morgan fingerprint density at radius 2 is 1.07 bits per heavy atom. The Kier molecular flexibility index (Phi) is 5.46. The largest absolute Gasteiger partial charge is 0.465 e. The number of hydrogen-bond acceptors (Lipinski definition) is 2. The van der Waals surface area contributed by atoms with Gasteiger partial charge in [0.2, 0.25) is 0 Å². The van der Waals surface area contributed by atoms with Crippen LogP contribution in [0, 0.1) is 0 Å². The summed E-state index contributed by atoms with van der Waals surface area (Å²) in [6.45, 7) is 2.93. The second kappa shape index (κ2) is 6.07. The number of rotatable bonds is 0. The molecule has 0 unspecified atom stereocenters. The lowest BCUT2D eigenvalue weighted by molar-refractivity contribution is 0.117. The van der Waals surface area contributed by atoms with E-state index in [4.69, 9.17) is 10.2 Å². The average Bonchev–Trinajstić information content (AvgIpc) is 1.74. The molecule has 4 N–H and O–H groups in total. The second-order valence-electron chi connectivity index (χ2n) is 3.25. The van der Waals surface area contributed by atoms with Crippen molar-refractivity contribution in [3.63, 3.8) is 0 Å². The molecule has 2 rings (SSSR count). The molecule has 0 spiro atoms. The van der Waals surface area contributed by atoms with Gasteiger partial charge in [0.25, 0.3) is 0 Å². The van der Waals surface area contributed by atoms with Crippen LogP contribution >= 0.6 is 0 Å². The first-order valence-electron chi connectivity index (χ1n) is 4.57. The summed E-state index contributed by atoms with van der Waals surface area (Å²) in [5.74, 6) is 0. The summed E-state index contributed by atoms with van der Waals surface area (Å²) in [6, 6.07) is 0. The standard InChI is InChI=1S/2C4H7NO2.H2O/c2*6-4(7)5-2-1-3-5;/h2*1-3H2,(H,6,7);1H2. The van der Waals surface area contributed by atoms with Crippen LogP contribution in [0.1, 0.15) is 12.8 Å². The highest BCUT2D eigenvalue weighted by Gasteiger charge is 2.18. The first-order valence-corrected chi connectivity index (χ1v) is 4.57. The summed E-state index contributed by atoms with van der Waals surface area (Å²) in [5.41, 5.74) is 0. The number of nitrogens with zero attached hydrogens (tertiary/aromatic N) is 2. The van der Waals surface area contributed by atoms with Crippen molar-refractivity contribution in [2.24, 2.45) is 0 Å². The third-order valence-electron chi connectivity index (χ3n) is 2.25. The SMILES string of the molecule is O.O=C(O)N1CCC1.O=C(O)N1CCC1. The Hall–Kier alpha value is -1.50. The zero-order valence-electron chi connectivity index (χ0n) is 8.35. The lowest BCUT2D eigenvalue weighted by Gasteiger charge is -2.27. The molecule has 0 bridgehead atoms. The zero-order chi connectivity index (χ0) is 10.6. The number of likely N-dealkylation sites (tertiary alicyclic amines) is 2. The van der Waals surface area contributed by atoms with Crippen molar-refractivity contribution in [2.75, 3.05) is 26.2 Å². The summed E-state index contributed by atoms with van der Waals surface area (Å²) in [6.07, 6.45) is 0.496. The Balaban J connectivity index is 0.000000245. The molecule has 7 heteroatoms. The third kappa shape index (κ3) is 4.03. The highest BCUT2D eigenvalue weighted by Crippen LogP contribution is 2.04. The van der Waals surface area contributed by atoms with Gasteiger partial charge in [-0.05, 0) is 12.8 Å². The minimum atomic E-state index is -0.786. The average molecular weight is 220 g/mol. The molecule has 2 saturated heterocycles. The molecule has 2 fully saturated rings. The molecule has 0 aromatic heterocycles. The smallest absolute Gasteiger partial charge is 0.407 e. The molecule has 2 aliphatic heterocycles. The minimum Gasteiger partial charge on any atom is -0.465 e. The van der Waals surface area contributed by atoms with E-state index >= 15 is 0 Å². The van der Waals surface area contributed by atoms with E-state index in [0.29, 0.717) is 0 Å². The van der Waals surface area contributed by atoms with Crippen molar-refractivity contribution in [3.8, 4) is 0 Å². The quantitative estimate of drug-likeness (QED) is 0.594. The molecule has 0 aromatic carbocycles. The molecule has 0 saturated carbocycles. The van der Waals surface area contributed by atoms with Crippen LogP contribution in [0.15, 0.2) is 0 Å². The van der Waals surface area contributed by atoms with Crippen molar-refractivity contribution in [1.29, 1.82) is 0 Å². The summed E-state index contributed by atoms with van der Waals surface area (Å²) >= 11 is 0. The molecule has 15 heavy (non-hydrogen) atoms. The van der Waals surface area contributed by atoms with Gasteiger partial charge in [0, 0.05) is 26.2 Å². The topological polar surface area (TPSA) is 113 Å². The van der Waals surface area contributed by atoms with Crippen LogP contribution in [0.5, 0.6) is 0 Å². The van der Waals surface area contributed by atoms with Crippen LogP contribution in [0.3, 0.4) is 0 Å². The van der Waals surface area contributed by atoms with Crippen LogP contribution in [0.25, 0.3) is 0 Å². The van der Waals surface area contributed by atoms with Gasteiger partial charge < -0.3 is 25.5 Å². The first kappa shape index (κ1) is 13.5. The highest BCUT2D eigenvalue weighted by molar-refractivity contribution is 5.66. The number of hydrogen-bond donors (Lipinski definition) is 2. The first-order chi connectivity index (χ1) is 6.61. The molecule has 0 atom stereocenters. The molecule has 7 nitrogen and oxygen atoms in total. The molecule has 0 radical (unpaired) electrons. The molecule has 2 aliphatic rings. The summed E-state index contributed by atoms with van der Waals surface area (Å²) in [4.78, 5) is 22.6. The molecule has 0 aliphatic carbocycles. The van der Waals surface area contributed by atoms with Gasteiger partial charge in [0.1, 0.15) is 0 Å². The fourth-order valence-electron chi connectivity index (χ4n) is 1.02. The van der Waals surface area contributed by atoms with Gasteiger partial charge in [-0.2, -0.15) is 0 Å². The van der Waals surface area contributed by atoms with E-state index in [9.17, 15) is 9.59 Å². The summed E-state index contributed by atoms with van der Waals surface area (Å²) < 4.78 is 0. The molecular formula is C8H16N2O5. The van der Waals surface area contributed by atoms with Crippen molar-refractivity contribution in [1.82, 2.24) is 9.80 Å². The van der Waals surface area contributed by atoms with E-state index in [1.807, 2.05) is 0 Å². The number of amides is 2. The maximum absolute atomic E-state index is 9.91. The maximum Gasteiger partial charge on any atom is 0.407 e. The number of carbonyl (C=O) groups is 2. The van der Waals surface area contributed by atoms with Crippen molar-refractivity contribution in [3.05, 3.63) is 0 Å². The van der Waals surface area contributed by atoms with E-state index in [1.165, 1.54) is 9.80 Å². The summed E-state index contributed by atoms with van der Waals surface area (Å²) in [7, 11) is 0. The van der Waals surface area contributed by atoms with Crippen LogP contribution < -0.4 is 0 Å². The van der Waals surface area contributed by atoms with Gasteiger partial charge in [-0.15, -0.1) is 0 Å². The molecule has 0 aromatic rings. The van der Waals surface area contributed by atoms with Gasteiger partial charge in [0.15, 0.2) is 0 Å².